The topological polar surface area (TPSA) is 36.3 Å². The summed E-state index contributed by atoms with van der Waals surface area (Å²) in [6, 6.07) is 78.3. The maximum Gasteiger partial charge on any atom is 0.178 e. The second-order valence-electron chi connectivity index (χ2n) is 17.0. The van der Waals surface area contributed by atoms with Gasteiger partial charge in [-0.2, -0.15) is 0 Å². The summed E-state index contributed by atoms with van der Waals surface area (Å²) in [4.78, 5) is 5.38. The largest absolute Gasteiger partial charge is 0.449 e. The maximum absolute atomic E-state index is 6.83. The summed E-state index contributed by atoms with van der Waals surface area (Å²) in [5.74, 6) is 3.82. The monoisotopic (exact) mass is 816 g/mol. The van der Waals surface area contributed by atoms with Gasteiger partial charge in [0.05, 0.1) is 22.1 Å². The highest BCUT2D eigenvalue weighted by atomic mass is 16.6. The van der Waals surface area contributed by atoms with E-state index in [1.54, 1.807) is 0 Å². The van der Waals surface area contributed by atoms with Gasteiger partial charge in [0.15, 0.2) is 23.0 Å². The molecule has 3 aliphatic rings. The van der Waals surface area contributed by atoms with Crippen molar-refractivity contribution in [3.63, 3.8) is 0 Å². The van der Waals surface area contributed by atoms with Crippen LogP contribution in [0.1, 0.15) is 22.3 Å². The number of fused-ring (bicyclic) bond motifs is 16. The summed E-state index contributed by atoms with van der Waals surface area (Å²) in [5, 5.41) is 2.36. The summed E-state index contributed by atoms with van der Waals surface area (Å²) in [7, 11) is 0. The van der Waals surface area contributed by atoms with Crippen molar-refractivity contribution >= 4 is 21.8 Å². The average Bonchev–Trinajstić information content (AvgIpc) is 3.97. The van der Waals surface area contributed by atoms with E-state index in [4.69, 9.17) is 14.5 Å². The first-order chi connectivity index (χ1) is 31.7. The van der Waals surface area contributed by atoms with Gasteiger partial charge in [0, 0.05) is 21.9 Å². The predicted octanol–water partition coefficient (Wildman–Crippen LogP) is 15.4. The Balaban J connectivity index is 0.984. The maximum atomic E-state index is 6.83. The molecule has 2 aromatic heterocycles. The Bertz CT molecular complexity index is 3630. The first-order valence-corrected chi connectivity index (χ1v) is 21.9. The van der Waals surface area contributed by atoms with Crippen molar-refractivity contribution in [2.75, 3.05) is 0 Å². The van der Waals surface area contributed by atoms with Crippen LogP contribution in [-0.2, 0) is 5.41 Å². The van der Waals surface area contributed by atoms with Crippen molar-refractivity contribution < 1.29 is 9.47 Å². The molecule has 2 aliphatic carbocycles. The minimum Gasteiger partial charge on any atom is -0.449 e. The molecule has 0 fully saturated rings. The van der Waals surface area contributed by atoms with Gasteiger partial charge in [-0.3, -0.25) is 4.57 Å². The molecule has 0 unspecified atom stereocenters. The van der Waals surface area contributed by atoms with E-state index < -0.39 is 5.41 Å². The van der Waals surface area contributed by atoms with Crippen LogP contribution in [0.15, 0.2) is 218 Å². The second kappa shape index (κ2) is 13.3. The normalized spacial score (nSPS) is 13.4. The molecule has 14 rings (SSSR count). The van der Waals surface area contributed by atoms with E-state index in [1.807, 2.05) is 24.3 Å². The van der Waals surface area contributed by atoms with E-state index in [0.717, 1.165) is 84.5 Å². The molecule has 0 saturated carbocycles. The molecule has 64 heavy (non-hydrogen) atoms. The van der Waals surface area contributed by atoms with E-state index in [-0.39, 0.29) is 0 Å². The quantitative estimate of drug-likeness (QED) is 0.178. The van der Waals surface area contributed by atoms with E-state index >= 15 is 0 Å². The molecule has 0 amide bonds. The van der Waals surface area contributed by atoms with Gasteiger partial charge < -0.3 is 9.47 Å². The van der Waals surface area contributed by atoms with Gasteiger partial charge in [-0.1, -0.05) is 164 Å². The number of pyridine rings is 1. The number of hydrogen-bond acceptors (Lipinski definition) is 3. The number of nitrogens with zero attached hydrogens (tertiary/aromatic N) is 2. The predicted molar refractivity (Wildman–Crippen MR) is 258 cm³/mol. The second-order valence-corrected chi connectivity index (χ2v) is 17.0. The molecule has 0 N–H and O–H groups in total. The first-order valence-electron chi connectivity index (χ1n) is 21.9. The summed E-state index contributed by atoms with van der Waals surface area (Å²) >= 11 is 0. The van der Waals surface area contributed by atoms with Crippen LogP contribution in [0.5, 0.6) is 23.0 Å². The molecule has 4 nitrogen and oxygen atoms in total. The zero-order valence-corrected chi connectivity index (χ0v) is 34.5. The average molecular weight is 817 g/mol. The van der Waals surface area contributed by atoms with Gasteiger partial charge >= 0.3 is 0 Å². The Morgan fingerprint density at radius 3 is 1.77 bits per heavy atom. The number of ether oxygens (including phenoxy) is 2. The van der Waals surface area contributed by atoms with E-state index in [0.29, 0.717) is 0 Å². The van der Waals surface area contributed by atoms with Gasteiger partial charge in [0.2, 0.25) is 0 Å². The fourth-order valence-electron chi connectivity index (χ4n) is 11.0. The van der Waals surface area contributed by atoms with Crippen LogP contribution in [0.3, 0.4) is 0 Å². The number of benzene rings is 9. The minimum absolute atomic E-state index is 0.560. The standard InChI is InChI=1S/C60H36N2O2/c1-3-15-37(16-4-1)41-35-51(38-17-5-2-6-18-38)61-57(36-41)62-52-24-12-9-21-44(52)46-33-39(28-31-53(46)62)40-27-29-45-50(34-40)60(47-22-10-7-19-42(47)43-20-8-11-23-48(43)60)49-30-32-56-59(58(45)49)64-55-26-14-13-25-54(55)63-56/h1-36H. The zero-order chi connectivity index (χ0) is 41.9. The molecule has 11 aromatic rings. The molecular formula is C60H36N2O2. The molecule has 0 atom stereocenters. The summed E-state index contributed by atoms with van der Waals surface area (Å²) < 4.78 is 15.7. The molecule has 0 saturated heterocycles. The van der Waals surface area contributed by atoms with Crippen LogP contribution in [0.25, 0.3) is 83.4 Å². The highest BCUT2D eigenvalue weighted by Gasteiger charge is 2.53. The van der Waals surface area contributed by atoms with Gasteiger partial charge in [-0.15, -0.1) is 0 Å². The lowest BCUT2D eigenvalue weighted by Crippen LogP contribution is -2.26. The Hall–Kier alpha value is -8.47. The number of aromatic nitrogens is 2. The third-order valence-corrected chi connectivity index (χ3v) is 13.7. The van der Waals surface area contributed by atoms with Crippen LogP contribution in [0.2, 0.25) is 0 Å². The zero-order valence-electron chi connectivity index (χ0n) is 34.5. The van der Waals surface area contributed by atoms with Crippen LogP contribution >= 0.6 is 0 Å². The summed E-state index contributed by atoms with van der Waals surface area (Å²) in [6.45, 7) is 0. The van der Waals surface area contributed by atoms with Gasteiger partial charge in [0.25, 0.3) is 0 Å². The van der Waals surface area contributed by atoms with Crippen LogP contribution in [0.4, 0.5) is 0 Å². The number of rotatable bonds is 4. The van der Waals surface area contributed by atoms with E-state index in [1.165, 1.54) is 44.2 Å². The van der Waals surface area contributed by atoms with Crippen molar-refractivity contribution in [3.05, 3.63) is 241 Å². The Labute approximate surface area is 369 Å². The molecule has 4 heteroatoms. The lowest BCUT2D eigenvalue weighted by atomic mass is 9.70. The lowest BCUT2D eigenvalue weighted by Gasteiger charge is -2.31. The third-order valence-electron chi connectivity index (χ3n) is 13.7. The van der Waals surface area contributed by atoms with Crippen molar-refractivity contribution in [1.29, 1.82) is 0 Å². The smallest absolute Gasteiger partial charge is 0.178 e. The molecule has 1 spiro atoms. The van der Waals surface area contributed by atoms with E-state index in [9.17, 15) is 0 Å². The number of hydrogen-bond donors (Lipinski definition) is 0. The van der Waals surface area contributed by atoms with Crippen LogP contribution < -0.4 is 9.47 Å². The first kappa shape index (κ1) is 35.2. The van der Waals surface area contributed by atoms with Crippen molar-refractivity contribution in [1.82, 2.24) is 9.55 Å². The minimum atomic E-state index is -0.560. The molecule has 1 aliphatic heterocycles. The molecule has 9 aromatic carbocycles. The third kappa shape index (κ3) is 4.85. The Kier molecular flexibility index (Phi) is 7.29. The van der Waals surface area contributed by atoms with E-state index in [2.05, 4.69) is 199 Å². The molecule has 0 radical (unpaired) electrons. The Morgan fingerprint density at radius 2 is 0.984 bits per heavy atom. The number of para-hydroxylation sites is 3. The molecule has 0 bridgehead atoms. The fraction of sp³-hybridized carbons (Fsp3) is 0.0167. The van der Waals surface area contributed by atoms with Gasteiger partial charge in [-0.05, 0) is 116 Å². The van der Waals surface area contributed by atoms with Crippen molar-refractivity contribution in [2.24, 2.45) is 0 Å². The van der Waals surface area contributed by atoms with Crippen molar-refractivity contribution in [2.45, 2.75) is 5.41 Å². The molecular weight excluding hydrogens is 781 g/mol. The van der Waals surface area contributed by atoms with Gasteiger partial charge in [0.1, 0.15) is 5.82 Å². The molecule has 298 valence electrons. The highest BCUT2D eigenvalue weighted by molar-refractivity contribution is 6.10. The summed E-state index contributed by atoms with van der Waals surface area (Å²) in [5.41, 5.74) is 18.0. The van der Waals surface area contributed by atoms with Crippen LogP contribution in [0, 0.1) is 0 Å². The van der Waals surface area contributed by atoms with Gasteiger partial charge in [-0.25, -0.2) is 4.98 Å². The lowest BCUT2D eigenvalue weighted by molar-refractivity contribution is 0.360. The summed E-state index contributed by atoms with van der Waals surface area (Å²) in [6.07, 6.45) is 0. The Morgan fingerprint density at radius 1 is 0.359 bits per heavy atom. The SMILES string of the molecule is c1ccc(-c2cc(-c3ccccc3)nc(-n3c4ccccc4c4cc(-c5ccc6c(c5)C5(c7ccccc7-c7ccccc75)c5ccc7c(c5-6)Oc5ccccc5O7)ccc43)c2)cc1. The highest BCUT2D eigenvalue weighted by Crippen LogP contribution is 2.66. The van der Waals surface area contributed by atoms with Crippen LogP contribution in [-0.4, -0.2) is 9.55 Å². The molecule has 3 heterocycles. The fourth-order valence-corrected chi connectivity index (χ4v) is 11.0. The van der Waals surface area contributed by atoms with Crippen molar-refractivity contribution in [3.8, 4) is 84.6 Å².